The third-order valence-corrected chi connectivity index (χ3v) is 3.77. The Labute approximate surface area is 129 Å². The van der Waals surface area contributed by atoms with E-state index in [9.17, 15) is 4.79 Å². The molecule has 1 atom stereocenters. The van der Waals surface area contributed by atoms with Crippen LogP contribution in [0.15, 0.2) is 18.2 Å². The van der Waals surface area contributed by atoms with Crippen LogP contribution in [-0.4, -0.2) is 22.1 Å². The minimum Gasteiger partial charge on any atom is -0.496 e. The summed E-state index contributed by atoms with van der Waals surface area (Å²) in [5.41, 5.74) is 1.89. The molecule has 0 aliphatic heterocycles. The van der Waals surface area contributed by atoms with Crippen molar-refractivity contribution in [2.75, 3.05) is 7.11 Å². The van der Waals surface area contributed by atoms with E-state index in [0.717, 1.165) is 16.9 Å². The molecule has 0 heterocycles. The van der Waals surface area contributed by atoms with Gasteiger partial charge in [-0.2, -0.15) is 0 Å². The molecule has 0 radical (unpaired) electrons. The molecule has 1 unspecified atom stereocenters. The largest absolute Gasteiger partial charge is 0.496 e. The molecule has 0 N–H and O–H groups in total. The number of hydrogen-bond acceptors (Lipinski definition) is 4. The highest BCUT2D eigenvalue weighted by molar-refractivity contribution is 6.48. The molecule has 0 bridgehead atoms. The van der Waals surface area contributed by atoms with Crippen molar-refractivity contribution in [2.45, 2.75) is 52.5 Å². The SMILES string of the molecule is COc1cc(C(OC(C)=O)O[SiH](C)C)ccc1C(C)(C)C. The number of benzene rings is 1. The molecule has 118 valence electrons. The van der Waals surface area contributed by atoms with Crippen molar-refractivity contribution in [1.82, 2.24) is 0 Å². The highest BCUT2D eigenvalue weighted by Crippen LogP contribution is 2.34. The van der Waals surface area contributed by atoms with Gasteiger partial charge in [-0.15, -0.1) is 0 Å². The molecule has 0 aliphatic rings. The van der Waals surface area contributed by atoms with Gasteiger partial charge >= 0.3 is 5.97 Å². The normalized spacial score (nSPS) is 13.1. The van der Waals surface area contributed by atoms with Gasteiger partial charge in [0.1, 0.15) is 5.75 Å². The Hall–Kier alpha value is -1.33. The molecule has 0 fully saturated rings. The molecule has 1 rings (SSSR count). The summed E-state index contributed by atoms with van der Waals surface area (Å²) in [5.74, 6) is 0.430. The Morgan fingerprint density at radius 3 is 2.29 bits per heavy atom. The van der Waals surface area contributed by atoms with Crippen LogP contribution in [0.1, 0.15) is 45.1 Å². The zero-order valence-electron chi connectivity index (χ0n) is 14.0. The fourth-order valence-electron chi connectivity index (χ4n) is 2.05. The molecule has 0 aliphatic carbocycles. The number of ether oxygens (including phenoxy) is 2. The maximum Gasteiger partial charge on any atom is 0.305 e. The summed E-state index contributed by atoms with van der Waals surface area (Å²) >= 11 is 0. The predicted octanol–water partition coefficient (Wildman–Crippen LogP) is 3.55. The molecule has 0 spiro atoms. The number of esters is 1. The van der Waals surface area contributed by atoms with Gasteiger partial charge in [-0.3, -0.25) is 4.79 Å². The van der Waals surface area contributed by atoms with Crippen LogP contribution in [0.3, 0.4) is 0 Å². The van der Waals surface area contributed by atoms with Gasteiger partial charge in [0.2, 0.25) is 6.29 Å². The van der Waals surface area contributed by atoms with Crippen LogP contribution in [0.2, 0.25) is 13.1 Å². The van der Waals surface area contributed by atoms with Crippen molar-refractivity contribution < 1.29 is 18.7 Å². The Balaban J connectivity index is 3.18. The van der Waals surface area contributed by atoms with E-state index in [1.165, 1.54) is 6.92 Å². The summed E-state index contributed by atoms with van der Waals surface area (Å²) in [4.78, 5) is 11.3. The van der Waals surface area contributed by atoms with Crippen LogP contribution >= 0.6 is 0 Å². The van der Waals surface area contributed by atoms with Crippen LogP contribution in [-0.2, 0) is 19.4 Å². The number of carbonyl (C=O) groups is 1. The first-order valence-electron chi connectivity index (χ1n) is 7.16. The molecule has 5 heteroatoms. The lowest BCUT2D eigenvalue weighted by atomic mass is 9.86. The smallest absolute Gasteiger partial charge is 0.305 e. The van der Waals surface area contributed by atoms with E-state index in [-0.39, 0.29) is 11.4 Å². The summed E-state index contributed by atoms with van der Waals surface area (Å²) in [6.45, 7) is 11.9. The molecule has 0 amide bonds. The van der Waals surface area contributed by atoms with Crippen molar-refractivity contribution in [3.8, 4) is 5.75 Å². The average Bonchev–Trinajstić information content (AvgIpc) is 2.35. The quantitative estimate of drug-likeness (QED) is 0.474. The zero-order valence-corrected chi connectivity index (χ0v) is 15.2. The van der Waals surface area contributed by atoms with Gasteiger partial charge in [-0.05, 0) is 30.1 Å². The van der Waals surface area contributed by atoms with Crippen LogP contribution in [0.25, 0.3) is 0 Å². The minimum absolute atomic E-state index is 0.0194. The minimum atomic E-state index is -1.35. The van der Waals surface area contributed by atoms with Gasteiger partial charge in [0, 0.05) is 12.5 Å². The fourth-order valence-corrected chi connectivity index (χ4v) is 2.75. The monoisotopic (exact) mass is 310 g/mol. The Kier molecular flexibility index (Phi) is 5.98. The summed E-state index contributed by atoms with van der Waals surface area (Å²) < 4.78 is 16.6. The van der Waals surface area contributed by atoms with E-state index in [2.05, 4.69) is 20.8 Å². The van der Waals surface area contributed by atoms with Gasteiger partial charge in [-0.1, -0.05) is 32.9 Å². The van der Waals surface area contributed by atoms with Gasteiger partial charge in [-0.25, -0.2) is 0 Å². The molecule has 21 heavy (non-hydrogen) atoms. The van der Waals surface area contributed by atoms with E-state index in [4.69, 9.17) is 13.9 Å². The van der Waals surface area contributed by atoms with E-state index >= 15 is 0 Å². The maximum atomic E-state index is 11.3. The summed E-state index contributed by atoms with van der Waals surface area (Å²) in [6.07, 6.45) is -0.655. The van der Waals surface area contributed by atoms with E-state index in [0.29, 0.717) is 0 Å². The van der Waals surface area contributed by atoms with E-state index in [1.54, 1.807) is 7.11 Å². The second-order valence-electron chi connectivity index (χ2n) is 6.34. The maximum absolute atomic E-state index is 11.3. The molecule has 0 saturated carbocycles. The van der Waals surface area contributed by atoms with Crippen molar-refractivity contribution in [1.29, 1.82) is 0 Å². The van der Waals surface area contributed by atoms with Crippen molar-refractivity contribution in [2.24, 2.45) is 0 Å². The third-order valence-electron chi connectivity index (χ3n) is 2.97. The zero-order chi connectivity index (χ0) is 16.2. The lowest BCUT2D eigenvalue weighted by Crippen LogP contribution is -2.19. The number of methoxy groups -OCH3 is 1. The van der Waals surface area contributed by atoms with Crippen LogP contribution in [0.4, 0.5) is 0 Å². The van der Waals surface area contributed by atoms with Gasteiger partial charge < -0.3 is 13.9 Å². The number of hydrogen-bond donors (Lipinski definition) is 0. The van der Waals surface area contributed by atoms with Crippen LogP contribution < -0.4 is 4.74 Å². The Morgan fingerprint density at radius 2 is 1.86 bits per heavy atom. The molecule has 0 aromatic heterocycles. The Morgan fingerprint density at radius 1 is 1.24 bits per heavy atom. The second kappa shape index (κ2) is 7.09. The van der Waals surface area contributed by atoms with Gasteiger partial charge in [0.25, 0.3) is 0 Å². The first-order chi connectivity index (χ1) is 9.65. The summed E-state index contributed by atoms with van der Waals surface area (Å²) in [6, 6.07) is 5.84. The summed E-state index contributed by atoms with van der Waals surface area (Å²) in [5, 5.41) is 0. The van der Waals surface area contributed by atoms with Crippen molar-refractivity contribution >= 4 is 15.0 Å². The van der Waals surface area contributed by atoms with Crippen LogP contribution in [0.5, 0.6) is 5.75 Å². The van der Waals surface area contributed by atoms with Gasteiger partial charge in [0.05, 0.1) is 7.11 Å². The molecular weight excluding hydrogens is 284 g/mol. The lowest BCUT2D eigenvalue weighted by molar-refractivity contribution is -0.162. The molecule has 0 saturated heterocycles. The van der Waals surface area contributed by atoms with Gasteiger partial charge in [0.15, 0.2) is 9.04 Å². The molecule has 4 nitrogen and oxygen atoms in total. The highest BCUT2D eigenvalue weighted by Gasteiger charge is 2.23. The number of carbonyl (C=O) groups excluding carboxylic acids is 1. The fraction of sp³-hybridized carbons (Fsp3) is 0.562. The summed E-state index contributed by atoms with van der Waals surface area (Å²) in [7, 11) is 0.301. The predicted molar refractivity (Wildman–Crippen MR) is 86.2 cm³/mol. The van der Waals surface area contributed by atoms with E-state index < -0.39 is 15.3 Å². The molecule has 1 aromatic carbocycles. The third kappa shape index (κ3) is 5.17. The first kappa shape index (κ1) is 17.7. The van der Waals surface area contributed by atoms with Crippen molar-refractivity contribution in [3.63, 3.8) is 0 Å². The van der Waals surface area contributed by atoms with Crippen molar-refractivity contribution in [3.05, 3.63) is 29.3 Å². The highest BCUT2D eigenvalue weighted by atomic mass is 28.3. The number of rotatable bonds is 5. The van der Waals surface area contributed by atoms with E-state index in [1.807, 2.05) is 31.3 Å². The topological polar surface area (TPSA) is 44.8 Å². The second-order valence-corrected chi connectivity index (χ2v) is 8.71. The molecular formula is C16H26O4Si. The Bertz CT molecular complexity index is 492. The first-order valence-corrected chi connectivity index (χ1v) is 9.94. The standard InChI is InChI=1S/C16H26O4Si/c1-11(17)19-15(20-21(6)7)12-8-9-13(16(2,3)4)14(10-12)18-5/h8-10,15,21H,1-7H3. The lowest BCUT2D eigenvalue weighted by Gasteiger charge is -2.25. The average molecular weight is 310 g/mol. The van der Waals surface area contributed by atoms with Crippen LogP contribution in [0, 0.1) is 0 Å². The molecule has 1 aromatic rings.